The molecule has 1 aromatic heterocycles. The summed E-state index contributed by atoms with van der Waals surface area (Å²) < 4.78 is 24.7. The van der Waals surface area contributed by atoms with Crippen LogP contribution < -0.4 is 4.90 Å². The summed E-state index contributed by atoms with van der Waals surface area (Å²) in [7, 11) is -3.30. The van der Waals surface area contributed by atoms with Crippen molar-refractivity contribution in [3.8, 4) is 0 Å². The van der Waals surface area contributed by atoms with Crippen molar-refractivity contribution in [2.75, 3.05) is 43.1 Å². The van der Waals surface area contributed by atoms with Gasteiger partial charge in [0.05, 0.1) is 15.1 Å². The summed E-state index contributed by atoms with van der Waals surface area (Å²) in [6, 6.07) is 13.4. The number of hydrogen-bond donors (Lipinski definition) is 0. The lowest BCUT2D eigenvalue weighted by atomic mass is 10.2. The number of fused-ring (bicyclic) bond motifs is 1. The van der Waals surface area contributed by atoms with E-state index in [1.807, 2.05) is 0 Å². The number of rotatable bonds is 12. The Bertz CT molecular complexity index is 1200. The van der Waals surface area contributed by atoms with E-state index in [2.05, 4.69) is 54.9 Å². The van der Waals surface area contributed by atoms with Crippen LogP contribution in [0.1, 0.15) is 32.3 Å². The second-order valence-corrected chi connectivity index (χ2v) is 12.4. The minimum Gasteiger partial charge on any atom is -0.302 e. The first-order valence-electron chi connectivity index (χ1n) is 11.5. The molecule has 0 bridgehead atoms. The Labute approximate surface area is 211 Å². The van der Waals surface area contributed by atoms with Gasteiger partial charge in [-0.2, -0.15) is 0 Å². The Morgan fingerprint density at radius 2 is 1.76 bits per heavy atom. The van der Waals surface area contributed by atoms with Crippen molar-refractivity contribution in [1.82, 2.24) is 9.88 Å². The highest BCUT2D eigenvalue weighted by molar-refractivity contribution is 7.99. The molecule has 3 rings (SSSR count). The number of nitrogens with zero attached hydrogens (tertiary/aromatic N) is 3. The topological polar surface area (TPSA) is 70.6 Å². The van der Waals surface area contributed by atoms with E-state index in [1.54, 1.807) is 34.9 Å². The van der Waals surface area contributed by atoms with Crippen LogP contribution >= 0.6 is 23.1 Å². The third-order valence-electron chi connectivity index (χ3n) is 5.67. The van der Waals surface area contributed by atoms with Gasteiger partial charge in [0.15, 0.2) is 15.0 Å². The number of aryl methyl sites for hydroxylation is 1. The van der Waals surface area contributed by atoms with Crippen molar-refractivity contribution in [2.24, 2.45) is 0 Å². The van der Waals surface area contributed by atoms with E-state index >= 15 is 0 Å². The maximum absolute atomic E-state index is 13.3. The summed E-state index contributed by atoms with van der Waals surface area (Å²) >= 11 is 3.14. The molecule has 0 aliphatic rings. The molecule has 3 aromatic rings. The Morgan fingerprint density at radius 3 is 2.41 bits per heavy atom. The van der Waals surface area contributed by atoms with Crippen LogP contribution in [-0.4, -0.2) is 62.4 Å². The minimum atomic E-state index is -3.30. The van der Waals surface area contributed by atoms with Crippen molar-refractivity contribution >= 4 is 54.2 Å². The lowest BCUT2D eigenvalue weighted by Gasteiger charge is -2.24. The van der Waals surface area contributed by atoms with E-state index in [1.165, 1.54) is 28.1 Å². The molecule has 2 aromatic carbocycles. The van der Waals surface area contributed by atoms with Gasteiger partial charge in [-0.1, -0.05) is 42.9 Å². The number of thioether (sulfide) groups is 1. The zero-order valence-electron chi connectivity index (χ0n) is 20.3. The quantitative estimate of drug-likeness (QED) is 0.240. The van der Waals surface area contributed by atoms with Gasteiger partial charge in [-0.15, -0.1) is 11.8 Å². The monoisotopic (exact) mass is 519 g/mol. The number of carbonyl (C=O) groups excluding carboxylic acids is 1. The molecule has 184 valence electrons. The number of hydrogen-bond acceptors (Lipinski definition) is 7. The second kappa shape index (κ2) is 12.2. The molecule has 1 amide bonds. The molecule has 0 fully saturated rings. The lowest BCUT2D eigenvalue weighted by Crippen LogP contribution is -2.38. The van der Waals surface area contributed by atoms with E-state index in [0.29, 0.717) is 23.6 Å². The molecular weight excluding hydrogens is 486 g/mol. The summed E-state index contributed by atoms with van der Waals surface area (Å²) in [6.45, 7) is 9.47. The van der Waals surface area contributed by atoms with Crippen LogP contribution in [0.15, 0.2) is 52.3 Å². The number of anilines is 1. The molecule has 0 atom stereocenters. The first-order chi connectivity index (χ1) is 16.2. The predicted molar refractivity (Wildman–Crippen MR) is 144 cm³/mol. The van der Waals surface area contributed by atoms with Crippen molar-refractivity contribution in [3.05, 3.63) is 48.0 Å². The number of aromatic nitrogens is 1. The first-order valence-corrected chi connectivity index (χ1v) is 15.2. The average Bonchev–Trinajstić information content (AvgIpc) is 3.23. The van der Waals surface area contributed by atoms with E-state index in [9.17, 15) is 13.2 Å². The maximum Gasteiger partial charge on any atom is 0.228 e. The summed E-state index contributed by atoms with van der Waals surface area (Å²) in [5, 5.41) is 0.629. The SMILES string of the molecule is CCN(CC)CCN(C(=O)CCCSc1ccc(C)cc1)c1nc2ccc(S(C)(=O)=O)cc2s1. The molecule has 1 heterocycles. The standard InChI is InChI=1S/C25H33N3O3S3/c1-5-27(6-2)15-16-28(24(29)8-7-17-32-20-11-9-19(3)10-12-20)25-26-22-14-13-21(34(4,30)31)18-23(22)33-25/h9-14,18H,5-8,15-17H2,1-4H3. The van der Waals surface area contributed by atoms with Crippen LogP contribution in [0.25, 0.3) is 10.2 Å². The highest BCUT2D eigenvalue weighted by atomic mass is 32.2. The smallest absolute Gasteiger partial charge is 0.228 e. The molecule has 0 saturated carbocycles. The van der Waals surface area contributed by atoms with Gasteiger partial charge >= 0.3 is 0 Å². The normalized spacial score (nSPS) is 11.9. The fraction of sp³-hybridized carbons (Fsp3) is 0.440. The van der Waals surface area contributed by atoms with E-state index < -0.39 is 9.84 Å². The number of thiazole rings is 1. The average molecular weight is 520 g/mol. The zero-order valence-corrected chi connectivity index (χ0v) is 22.7. The minimum absolute atomic E-state index is 0.0547. The van der Waals surface area contributed by atoms with E-state index in [-0.39, 0.29) is 10.8 Å². The number of sulfone groups is 1. The maximum atomic E-state index is 13.3. The van der Waals surface area contributed by atoms with Crippen LogP contribution in [0.4, 0.5) is 5.13 Å². The molecule has 0 unspecified atom stereocenters. The summed E-state index contributed by atoms with van der Waals surface area (Å²) in [4.78, 5) is 23.5. The summed E-state index contributed by atoms with van der Waals surface area (Å²) in [5.41, 5.74) is 1.95. The zero-order chi connectivity index (χ0) is 24.7. The van der Waals surface area contributed by atoms with Gasteiger partial charge in [0.25, 0.3) is 0 Å². The van der Waals surface area contributed by atoms with Crippen LogP contribution in [0.5, 0.6) is 0 Å². The summed E-state index contributed by atoms with van der Waals surface area (Å²) in [5.74, 6) is 0.926. The van der Waals surface area contributed by atoms with Gasteiger partial charge < -0.3 is 4.90 Å². The van der Waals surface area contributed by atoms with E-state index in [0.717, 1.165) is 36.5 Å². The summed E-state index contributed by atoms with van der Waals surface area (Å²) in [6.07, 6.45) is 2.43. The lowest BCUT2D eigenvalue weighted by molar-refractivity contribution is -0.118. The van der Waals surface area contributed by atoms with Gasteiger partial charge in [0.2, 0.25) is 5.91 Å². The largest absolute Gasteiger partial charge is 0.302 e. The van der Waals surface area contributed by atoms with Crippen molar-refractivity contribution in [3.63, 3.8) is 0 Å². The van der Waals surface area contributed by atoms with Crippen LogP contribution in [0, 0.1) is 6.92 Å². The van der Waals surface area contributed by atoms with Gasteiger partial charge in [-0.05, 0) is 62.5 Å². The van der Waals surface area contributed by atoms with Gasteiger partial charge in [-0.25, -0.2) is 13.4 Å². The second-order valence-electron chi connectivity index (χ2n) is 8.24. The molecule has 0 N–H and O–H groups in total. The highest BCUT2D eigenvalue weighted by Gasteiger charge is 2.21. The Balaban J connectivity index is 1.73. The third-order valence-corrected chi connectivity index (χ3v) is 8.92. The molecule has 0 radical (unpaired) electrons. The third kappa shape index (κ3) is 7.28. The van der Waals surface area contributed by atoms with Crippen LogP contribution in [0.2, 0.25) is 0 Å². The van der Waals surface area contributed by atoms with Gasteiger partial charge in [0.1, 0.15) is 0 Å². The molecule has 6 nitrogen and oxygen atoms in total. The van der Waals surface area contributed by atoms with Gasteiger partial charge in [0, 0.05) is 30.7 Å². The number of benzene rings is 2. The fourth-order valence-electron chi connectivity index (χ4n) is 3.53. The number of carbonyl (C=O) groups is 1. The van der Waals surface area contributed by atoms with Crippen molar-refractivity contribution in [2.45, 2.75) is 43.4 Å². The Kier molecular flexibility index (Phi) is 9.53. The molecule has 0 aliphatic carbocycles. The molecule has 0 saturated heterocycles. The molecule has 0 aliphatic heterocycles. The highest BCUT2D eigenvalue weighted by Crippen LogP contribution is 2.31. The van der Waals surface area contributed by atoms with Crippen molar-refractivity contribution < 1.29 is 13.2 Å². The van der Waals surface area contributed by atoms with Gasteiger partial charge in [-0.3, -0.25) is 9.69 Å². The van der Waals surface area contributed by atoms with Crippen LogP contribution in [-0.2, 0) is 14.6 Å². The first kappa shape index (κ1) is 26.7. The molecule has 9 heteroatoms. The Hall–Kier alpha value is -1.94. The van der Waals surface area contributed by atoms with E-state index in [4.69, 9.17) is 0 Å². The molecule has 0 spiro atoms. The number of likely N-dealkylation sites (N-methyl/N-ethyl adjacent to an activating group) is 1. The molecular formula is C25H33N3O3S3. The Morgan fingerprint density at radius 1 is 1.06 bits per heavy atom. The number of amides is 1. The van der Waals surface area contributed by atoms with Crippen LogP contribution in [0.3, 0.4) is 0 Å². The molecule has 34 heavy (non-hydrogen) atoms. The fourth-order valence-corrected chi connectivity index (χ4v) is 6.15. The predicted octanol–water partition coefficient (Wildman–Crippen LogP) is 5.26. The van der Waals surface area contributed by atoms with Crippen molar-refractivity contribution in [1.29, 1.82) is 0 Å².